The van der Waals surface area contributed by atoms with Gasteiger partial charge in [-0.25, -0.2) is 0 Å². The molecule has 1 aliphatic heterocycles. The van der Waals surface area contributed by atoms with E-state index in [4.69, 9.17) is 5.11 Å². The summed E-state index contributed by atoms with van der Waals surface area (Å²) in [6.07, 6.45) is 1.18. The van der Waals surface area contributed by atoms with Gasteiger partial charge in [0.2, 0.25) is 6.41 Å². The number of carbonyl (C=O) groups excluding carboxylic acids is 1. The van der Waals surface area contributed by atoms with Gasteiger partial charge in [-0.05, 0) is 18.1 Å². The third-order valence-electron chi connectivity index (χ3n) is 2.66. The summed E-state index contributed by atoms with van der Waals surface area (Å²) in [5, 5.41) is 8.93. The number of hydrogen-bond donors (Lipinski definition) is 1. The Labute approximate surface area is 87.1 Å². The molecular weight excluding hydrogens is 194 g/mol. The Hall–Kier alpha value is -1.84. The molecule has 0 radical (unpaired) electrons. The molecule has 1 aromatic rings. The quantitative estimate of drug-likeness (QED) is 0.730. The van der Waals surface area contributed by atoms with Gasteiger partial charge in [-0.3, -0.25) is 9.59 Å². The van der Waals surface area contributed by atoms with Crippen LogP contribution in [0, 0.1) is 5.92 Å². The summed E-state index contributed by atoms with van der Waals surface area (Å²) in [5.41, 5.74) is 1.74. The maximum atomic E-state index is 10.9. The molecular formula is C11H11NO3. The number of carboxylic acid groups (broad SMARTS) is 1. The Kier molecular flexibility index (Phi) is 2.41. The van der Waals surface area contributed by atoms with Crippen molar-refractivity contribution in [1.82, 2.24) is 0 Å². The molecule has 4 nitrogen and oxygen atoms in total. The molecule has 1 heterocycles. The van der Waals surface area contributed by atoms with Gasteiger partial charge < -0.3 is 10.0 Å². The number of fused-ring (bicyclic) bond motifs is 1. The Bertz CT molecular complexity index is 403. The van der Waals surface area contributed by atoms with E-state index in [2.05, 4.69) is 0 Å². The number of nitrogens with zero attached hydrogens (tertiary/aromatic N) is 1. The number of aliphatic carboxylic acids is 1. The fraction of sp³-hybridized carbons (Fsp3) is 0.273. The van der Waals surface area contributed by atoms with Gasteiger partial charge in [0, 0.05) is 12.2 Å². The van der Waals surface area contributed by atoms with Crippen LogP contribution in [0.15, 0.2) is 24.3 Å². The van der Waals surface area contributed by atoms with Gasteiger partial charge in [-0.1, -0.05) is 18.2 Å². The number of benzene rings is 1. The van der Waals surface area contributed by atoms with Crippen molar-refractivity contribution >= 4 is 18.1 Å². The van der Waals surface area contributed by atoms with Crippen molar-refractivity contribution in [3.63, 3.8) is 0 Å². The first-order valence-electron chi connectivity index (χ1n) is 4.75. The number of anilines is 1. The number of para-hydroxylation sites is 1. The Morgan fingerprint density at radius 3 is 2.87 bits per heavy atom. The third-order valence-corrected chi connectivity index (χ3v) is 2.66. The SMILES string of the molecule is O=CN1CC(C(=O)O)Cc2ccccc21. The summed E-state index contributed by atoms with van der Waals surface area (Å²) in [6.45, 7) is 0.260. The molecule has 1 unspecified atom stereocenters. The van der Waals surface area contributed by atoms with Crippen LogP contribution in [0.25, 0.3) is 0 Å². The van der Waals surface area contributed by atoms with E-state index in [1.54, 1.807) is 0 Å². The fourth-order valence-corrected chi connectivity index (χ4v) is 1.89. The van der Waals surface area contributed by atoms with E-state index in [0.29, 0.717) is 12.8 Å². The van der Waals surface area contributed by atoms with Gasteiger partial charge in [-0.15, -0.1) is 0 Å². The van der Waals surface area contributed by atoms with E-state index in [0.717, 1.165) is 11.3 Å². The lowest BCUT2D eigenvalue weighted by Crippen LogP contribution is -2.38. The third kappa shape index (κ3) is 1.70. The highest BCUT2D eigenvalue weighted by Gasteiger charge is 2.28. The van der Waals surface area contributed by atoms with Crippen molar-refractivity contribution in [3.05, 3.63) is 29.8 Å². The number of carbonyl (C=O) groups is 2. The molecule has 1 amide bonds. The van der Waals surface area contributed by atoms with Crippen LogP contribution >= 0.6 is 0 Å². The molecule has 0 fully saturated rings. The first kappa shape index (κ1) is 9.71. The standard InChI is InChI=1S/C11H11NO3/c13-7-12-6-9(11(14)15)5-8-3-1-2-4-10(8)12/h1-4,7,9H,5-6H2,(H,14,15). The molecule has 0 bridgehead atoms. The molecule has 1 aliphatic rings. The van der Waals surface area contributed by atoms with Gasteiger partial charge in [0.25, 0.3) is 0 Å². The molecule has 0 saturated carbocycles. The average molecular weight is 205 g/mol. The van der Waals surface area contributed by atoms with Crippen LogP contribution in [0.1, 0.15) is 5.56 Å². The van der Waals surface area contributed by atoms with Crippen LogP contribution in [-0.4, -0.2) is 24.0 Å². The Balaban J connectivity index is 2.38. The molecule has 78 valence electrons. The second-order valence-corrected chi connectivity index (χ2v) is 3.63. The van der Waals surface area contributed by atoms with Crippen molar-refractivity contribution in [2.24, 2.45) is 5.92 Å². The number of carboxylic acids is 1. The van der Waals surface area contributed by atoms with Gasteiger partial charge in [-0.2, -0.15) is 0 Å². The zero-order chi connectivity index (χ0) is 10.8. The molecule has 1 aromatic carbocycles. The summed E-state index contributed by atoms with van der Waals surface area (Å²) >= 11 is 0. The van der Waals surface area contributed by atoms with Crippen LogP contribution < -0.4 is 4.90 Å². The van der Waals surface area contributed by atoms with Gasteiger partial charge >= 0.3 is 5.97 Å². The molecule has 0 aliphatic carbocycles. The highest BCUT2D eigenvalue weighted by Crippen LogP contribution is 2.28. The van der Waals surface area contributed by atoms with Crippen molar-refractivity contribution in [1.29, 1.82) is 0 Å². The summed E-state index contributed by atoms with van der Waals surface area (Å²) in [6, 6.07) is 7.39. The predicted molar refractivity (Wildman–Crippen MR) is 54.7 cm³/mol. The van der Waals surface area contributed by atoms with Gasteiger partial charge in [0.1, 0.15) is 0 Å². The lowest BCUT2D eigenvalue weighted by Gasteiger charge is -2.29. The highest BCUT2D eigenvalue weighted by molar-refractivity contribution is 5.82. The van der Waals surface area contributed by atoms with E-state index in [-0.39, 0.29) is 6.54 Å². The lowest BCUT2D eigenvalue weighted by molar-refractivity contribution is -0.141. The number of amides is 1. The summed E-state index contributed by atoms with van der Waals surface area (Å²) in [7, 11) is 0. The number of rotatable bonds is 2. The summed E-state index contributed by atoms with van der Waals surface area (Å²) in [4.78, 5) is 23.2. The van der Waals surface area contributed by atoms with E-state index in [1.807, 2.05) is 24.3 Å². The summed E-state index contributed by atoms with van der Waals surface area (Å²) in [5.74, 6) is -1.35. The molecule has 2 rings (SSSR count). The topological polar surface area (TPSA) is 57.6 Å². The molecule has 1 atom stereocenters. The van der Waals surface area contributed by atoms with Crippen molar-refractivity contribution < 1.29 is 14.7 Å². The molecule has 0 aromatic heterocycles. The second-order valence-electron chi connectivity index (χ2n) is 3.63. The Morgan fingerprint density at radius 2 is 2.20 bits per heavy atom. The molecule has 4 heteroatoms. The van der Waals surface area contributed by atoms with E-state index < -0.39 is 11.9 Å². The van der Waals surface area contributed by atoms with E-state index in [9.17, 15) is 9.59 Å². The van der Waals surface area contributed by atoms with Crippen molar-refractivity contribution in [2.45, 2.75) is 6.42 Å². The maximum absolute atomic E-state index is 10.9. The van der Waals surface area contributed by atoms with Crippen LogP contribution in [0.5, 0.6) is 0 Å². The van der Waals surface area contributed by atoms with E-state index in [1.165, 1.54) is 4.90 Å². The average Bonchev–Trinajstić information content (AvgIpc) is 2.27. The first-order valence-corrected chi connectivity index (χ1v) is 4.75. The van der Waals surface area contributed by atoms with E-state index >= 15 is 0 Å². The van der Waals surface area contributed by atoms with Crippen molar-refractivity contribution in [2.75, 3.05) is 11.4 Å². The predicted octanol–water partition coefficient (Wildman–Crippen LogP) is 0.906. The molecule has 0 saturated heterocycles. The molecule has 0 spiro atoms. The largest absolute Gasteiger partial charge is 0.481 e. The van der Waals surface area contributed by atoms with Crippen molar-refractivity contribution in [3.8, 4) is 0 Å². The number of hydrogen-bond acceptors (Lipinski definition) is 2. The minimum Gasteiger partial charge on any atom is -0.481 e. The van der Waals surface area contributed by atoms with Crippen LogP contribution in [-0.2, 0) is 16.0 Å². The monoisotopic (exact) mass is 205 g/mol. The normalized spacial score (nSPS) is 19.5. The lowest BCUT2D eigenvalue weighted by atomic mass is 9.93. The Morgan fingerprint density at radius 1 is 1.47 bits per heavy atom. The minimum atomic E-state index is -0.851. The van der Waals surface area contributed by atoms with Crippen LogP contribution in [0.4, 0.5) is 5.69 Å². The fourth-order valence-electron chi connectivity index (χ4n) is 1.89. The second kappa shape index (κ2) is 3.73. The minimum absolute atomic E-state index is 0.260. The zero-order valence-corrected chi connectivity index (χ0v) is 8.09. The van der Waals surface area contributed by atoms with Crippen LogP contribution in [0.3, 0.4) is 0 Å². The smallest absolute Gasteiger partial charge is 0.308 e. The first-order chi connectivity index (χ1) is 7.22. The van der Waals surface area contributed by atoms with Crippen LogP contribution in [0.2, 0.25) is 0 Å². The molecule has 15 heavy (non-hydrogen) atoms. The molecule has 1 N–H and O–H groups in total. The van der Waals surface area contributed by atoms with Gasteiger partial charge in [0.15, 0.2) is 0 Å². The summed E-state index contributed by atoms with van der Waals surface area (Å²) < 4.78 is 0. The highest BCUT2D eigenvalue weighted by atomic mass is 16.4. The maximum Gasteiger partial charge on any atom is 0.308 e. The van der Waals surface area contributed by atoms with Gasteiger partial charge in [0.05, 0.1) is 5.92 Å². The zero-order valence-electron chi connectivity index (χ0n) is 8.09.